The Labute approximate surface area is 192 Å². The van der Waals surface area contributed by atoms with Crippen molar-refractivity contribution in [2.75, 3.05) is 0 Å². The summed E-state index contributed by atoms with van der Waals surface area (Å²) < 4.78 is 13.6. The van der Waals surface area contributed by atoms with Gasteiger partial charge < -0.3 is 9.15 Å². The topological polar surface area (TPSA) is 117 Å². The summed E-state index contributed by atoms with van der Waals surface area (Å²) in [6.45, 7) is 1.67. The highest BCUT2D eigenvalue weighted by atomic mass is 16.5. The summed E-state index contributed by atoms with van der Waals surface area (Å²) in [6, 6.07) is 17.5. The molecular formula is C24H18N6O4. The Kier molecular flexibility index (Phi) is 5.53. The van der Waals surface area contributed by atoms with E-state index >= 15 is 0 Å². The normalized spacial score (nSPS) is 11.6. The molecule has 34 heavy (non-hydrogen) atoms. The van der Waals surface area contributed by atoms with Crippen LogP contribution in [0.3, 0.4) is 0 Å². The highest BCUT2D eigenvalue weighted by molar-refractivity contribution is 6.15. The maximum atomic E-state index is 13.2. The minimum Gasteiger partial charge on any atom is -0.465 e. The summed E-state index contributed by atoms with van der Waals surface area (Å²) in [5.41, 5.74) is 2.19. The van der Waals surface area contributed by atoms with Crippen LogP contribution in [0.4, 0.5) is 0 Å². The molecule has 0 saturated carbocycles. The predicted octanol–water partition coefficient (Wildman–Crippen LogP) is 2.99. The lowest BCUT2D eigenvalue weighted by atomic mass is 10.2. The second kappa shape index (κ2) is 8.94. The van der Waals surface area contributed by atoms with E-state index in [-0.39, 0.29) is 17.9 Å². The number of hydrogen-bond donors (Lipinski definition) is 0. The molecule has 1 aromatic carbocycles. The average molecular weight is 454 g/mol. The van der Waals surface area contributed by atoms with Crippen LogP contribution in [0.15, 0.2) is 82.3 Å². The Morgan fingerprint density at radius 2 is 1.97 bits per heavy atom. The van der Waals surface area contributed by atoms with Crippen LogP contribution in [0.2, 0.25) is 0 Å². The van der Waals surface area contributed by atoms with E-state index in [0.717, 1.165) is 5.56 Å². The highest BCUT2D eigenvalue weighted by Gasteiger charge is 2.21. The number of nitrogens with zero attached hydrogens (tertiary/aromatic N) is 6. The van der Waals surface area contributed by atoms with Crippen molar-refractivity contribution in [1.29, 1.82) is 0 Å². The molecule has 0 saturated heterocycles. The molecule has 168 valence electrons. The molecule has 0 aliphatic rings. The van der Waals surface area contributed by atoms with Crippen molar-refractivity contribution < 1.29 is 13.9 Å². The summed E-state index contributed by atoms with van der Waals surface area (Å²) in [5.74, 6) is 0.0542. The van der Waals surface area contributed by atoms with Gasteiger partial charge in [-0.25, -0.2) is 9.78 Å². The molecule has 0 unspecified atom stereocenters. The van der Waals surface area contributed by atoms with Crippen LogP contribution in [0.25, 0.3) is 28.8 Å². The van der Waals surface area contributed by atoms with Crippen LogP contribution in [-0.2, 0) is 16.1 Å². The number of carbonyl (C=O) groups is 1. The van der Waals surface area contributed by atoms with Crippen molar-refractivity contribution in [2.24, 2.45) is 0 Å². The number of tetrazole rings is 1. The molecule has 5 aromatic rings. The third-order valence-corrected chi connectivity index (χ3v) is 4.97. The first-order valence-corrected chi connectivity index (χ1v) is 10.3. The zero-order chi connectivity index (χ0) is 23.5. The number of aryl methyl sites for hydroxylation is 1. The van der Waals surface area contributed by atoms with Crippen LogP contribution < -0.4 is 5.56 Å². The Morgan fingerprint density at radius 3 is 2.76 bits per heavy atom. The van der Waals surface area contributed by atoms with Gasteiger partial charge in [0.1, 0.15) is 18.0 Å². The monoisotopic (exact) mass is 454 g/mol. The molecule has 0 aliphatic carbocycles. The van der Waals surface area contributed by atoms with Gasteiger partial charge in [0.25, 0.3) is 5.56 Å². The van der Waals surface area contributed by atoms with E-state index in [4.69, 9.17) is 9.15 Å². The minimum atomic E-state index is -0.716. The van der Waals surface area contributed by atoms with Gasteiger partial charge in [0.15, 0.2) is 11.5 Å². The van der Waals surface area contributed by atoms with E-state index in [0.29, 0.717) is 28.5 Å². The first kappa shape index (κ1) is 21.0. The molecular weight excluding hydrogens is 436 g/mol. The van der Waals surface area contributed by atoms with Crippen molar-refractivity contribution in [3.63, 3.8) is 0 Å². The van der Waals surface area contributed by atoms with E-state index in [2.05, 4.69) is 20.5 Å². The Bertz CT molecular complexity index is 1550. The van der Waals surface area contributed by atoms with Crippen LogP contribution in [0, 0.1) is 6.92 Å². The lowest BCUT2D eigenvalue weighted by Gasteiger charge is -2.10. The van der Waals surface area contributed by atoms with Gasteiger partial charge in [-0.3, -0.25) is 9.20 Å². The second-order valence-electron chi connectivity index (χ2n) is 7.42. The highest BCUT2D eigenvalue weighted by Crippen LogP contribution is 2.21. The number of hydrogen-bond acceptors (Lipinski definition) is 8. The quantitative estimate of drug-likeness (QED) is 0.284. The molecule has 0 atom stereocenters. The maximum absolute atomic E-state index is 13.2. The molecule has 0 N–H and O–H groups in total. The van der Waals surface area contributed by atoms with Crippen molar-refractivity contribution in [2.45, 2.75) is 13.5 Å². The molecule has 0 bridgehead atoms. The molecule has 4 heterocycles. The number of furan rings is 1. The molecule has 0 fully saturated rings. The van der Waals surface area contributed by atoms with Gasteiger partial charge in [-0.15, -0.1) is 5.10 Å². The number of ether oxygens (including phenoxy) is 1. The van der Waals surface area contributed by atoms with Crippen LogP contribution in [0.5, 0.6) is 0 Å². The van der Waals surface area contributed by atoms with Gasteiger partial charge >= 0.3 is 5.97 Å². The molecule has 10 heteroatoms. The van der Waals surface area contributed by atoms with Crippen molar-refractivity contribution in [3.05, 3.63) is 100 Å². The molecule has 0 spiro atoms. The molecule has 4 aromatic heterocycles. The molecule has 10 nitrogen and oxygen atoms in total. The Balaban J connectivity index is 1.46. The van der Waals surface area contributed by atoms with E-state index in [1.807, 2.05) is 43.3 Å². The van der Waals surface area contributed by atoms with Gasteiger partial charge in [-0.2, -0.15) is 4.68 Å². The lowest BCUT2D eigenvalue weighted by Crippen LogP contribution is -2.18. The molecule has 0 radical (unpaired) electrons. The predicted molar refractivity (Wildman–Crippen MR) is 122 cm³/mol. The van der Waals surface area contributed by atoms with Crippen molar-refractivity contribution >= 4 is 23.4 Å². The van der Waals surface area contributed by atoms with Crippen molar-refractivity contribution in [3.8, 4) is 11.4 Å². The van der Waals surface area contributed by atoms with E-state index < -0.39 is 5.97 Å². The van der Waals surface area contributed by atoms with Gasteiger partial charge in [0.2, 0.25) is 0 Å². The third kappa shape index (κ3) is 4.24. The molecule has 0 amide bonds. The van der Waals surface area contributed by atoms with Crippen molar-refractivity contribution in [1.82, 2.24) is 29.6 Å². The largest absolute Gasteiger partial charge is 0.465 e. The number of aromatic nitrogens is 6. The smallest absolute Gasteiger partial charge is 0.357 e. The average Bonchev–Trinajstić information content (AvgIpc) is 3.54. The fraction of sp³-hybridized carbons (Fsp3) is 0.0833. The second-order valence-corrected chi connectivity index (χ2v) is 7.42. The summed E-state index contributed by atoms with van der Waals surface area (Å²) >= 11 is 0. The number of benzene rings is 1. The first-order chi connectivity index (χ1) is 16.6. The van der Waals surface area contributed by atoms with E-state index in [1.54, 1.807) is 24.4 Å². The van der Waals surface area contributed by atoms with Gasteiger partial charge in [-0.1, -0.05) is 36.4 Å². The Morgan fingerprint density at radius 1 is 1.12 bits per heavy atom. The molecule has 5 rings (SSSR count). The summed E-state index contributed by atoms with van der Waals surface area (Å²) in [7, 11) is 0. The minimum absolute atomic E-state index is 0.0342. The summed E-state index contributed by atoms with van der Waals surface area (Å²) in [6.07, 6.45) is 4.67. The fourth-order valence-corrected chi connectivity index (χ4v) is 3.38. The standard InChI is InChI=1S/C24H18N6O4/c1-16-9-10-21-25-18(12-22(31)29(21)14-16)15-34-24(32)20(13-19-8-5-11-33-19)30-23(26-27-28-30)17-6-3-2-4-7-17/h2-14H,15H2,1H3/b20-13+. The molecule has 0 aliphatic heterocycles. The van der Waals surface area contributed by atoms with Gasteiger partial charge in [0, 0.05) is 23.9 Å². The first-order valence-electron chi connectivity index (χ1n) is 10.3. The number of carbonyl (C=O) groups excluding carboxylic acids is 1. The van der Waals surface area contributed by atoms with Crippen LogP contribution in [0.1, 0.15) is 17.0 Å². The zero-order valence-corrected chi connectivity index (χ0v) is 18.0. The lowest BCUT2D eigenvalue weighted by molar-refractivity contribution is -0.138. The fourth-order valence-electron chi connectivity index (χ4n) is 3.38. The number of esters is 1. The zero-order valence-electron chi connectivity index (χ0n) is 18.0. The summed E-state index contributed by atoms with van der Waals surface area (Å²) in [5, 5.41) is 11.8. The van der Waals surface area contributed by atoms with E-state index in [9.17, 15) is 9.59 Å². The van der Waals surface area contributed by atoms with Crippen LogP contribution in [-0.4, -0.2) is 35.6 Å². The van der Waals surface area contributed by atoms with E-state index in [1.165, 1.54) is 27.5 Å². The summed E-state index contributed by atoms with van der Waals surface area (Å²) in [4.78, 5) is 30.0. The number of rotatable bonds is 6. The van der Waals surface area contributed by atoms with Crippen LogP contribution >= 0.6 is 0 Å². The number of pyridine rings is 1. The Hall–Kier alpha value is -4.86. The van der Waals surface area contributed by atoms with Gasteiger partial charge in [-0.05, 0) is 41.1 Å². The van der Waals surface area contributed by atoms with Gasteiger partial charge in [0.05, 0.1) is 12.0 Å². The SMILES string of the molecule is Cc1ccc2nc(COC(=O)/C(=C\c3ccco3)n3nnnc3-c3ccccc3)cc(=O)n2c1. The maximum Gasteiger partial charge on any atom is 0.357 e. The number of fused-ring (bicyclic) bond motifs is 1. The third-order valence-electron chi connectivity index (χ3n) is 4.97.